The lowest BCUT2D eigenvalue weighted by Crippen LogP contribution is -2.32. The molecule has 2 rings (SSSR count). The van der Waals surface area contributed by atoms with Gasteiger partial charge in [-0.05, 0) is 18.1 Å². The molecule has 0 aliphatic carbocycles. The molecule has 1 N–H and O–H groups in total. The van der Waals surface area contributed by atoms with Crippen molar-refractivity contribution in [3.05, 3.63) is 42.5 Å². The van der Waals surface area contributed by atoms with Crippen molar-refractivity contribution in [1.82, 2.24) is 0 Å². The molecule has 1 heterocycles. The van der Waals surface area contributed by atoms with Crippen LogP contribution in [0.25, 0.3) is 0 Å². The highest BCUT2D eigenvalue weighted by Gasteiger charge is 2.31. The molecule has 1 heteroatoms. The highest BCUT2D eigenvalue weighted by atomic mass is 15.0. The normalized spacial score (nSPS) is 20.0. The number of nitrogens with one attached hydrogen (secondary N) is 1. The molecule has 1 aromatic carbocycles. The molecule has 0 amide bonds. The van der Waals surface area contributed by atoms with Gasteiger partial charge in [-0.25, -0.2) is 0 Å². The van der Waals surface area contributed by atoms with Gasteiger partial charge >= 0.3 is 0 Å². The molecule has 74 valence electrons. The molecule has 0 bridgehead atoms. The predicted molar refractivity (Wildman–Crippen MR) is 61.5 cm³/mol. The van der Waals surface area contributed by atoms with Crippen molar-refractivity contribution in [2.75, 3.05) is 5.32 Å². The Labute approximate surface area is 85.8 Å². The maximum Gasteiger partial charge on any atom is 0.0387 e. The smallest absolute Gasteiger partial charge is 0.0387 e. The lowest BCUT2D eigenvalue weighted by Gasteiger charge is -2.28. The lowest BCUT2D eigenvalue weighted by molar-refractivity contribution is 0.403. The van der Waals surface area contributed by atoms with Crippen molar-refractivity contribution in [2.24, 2.45) is 5.41 Å². The van der Waals surface area contributed by atoms with E-state index in [1.807, 2.05) is 6.08 Å². The Balaban J connectivity index is 2.23. The lowest BCUT2D eigenvalue weighted by atomic mass is 9.83. The zero-order valence-electron chi connectivity index (χ0n) is 8.88. The number of rotatable bonds is 2. The maximum absolute atomic E-state index is 3.90. The molecule has 0 saturated carbocycles. The predicted octanol–water partition coefficient (Wildman–Crippen LogP) is 3.24. The molecule has 1 unspecified atom stereocenters. The van der Waals surface area contributed by atoms with Gasteiger partial charge < -0.3 is 5.32 Å². The van der Waals surface area contributed by atoms with E-state index < -0.39 is 0 Å². The molecule has 0 radical (unpaired) electrons. The number of benzene rings is 1. The molecule has 1 nitrogen and oxygen atoms in total. The van der Waals surface area contributed by atoms with Crippen LogP contribution in [0.4, 0.5) is 5.69 Å². The van der Waals surface area contributed by atoms with Gasteiger partial charge in [0.15, 0.2) is 0 Å². The van der Waals surface area contributed by atoms with Crippen LogP contribution in [0.15, 0.2) is 36.9 Å². The van der Waals surface area contributed by atoms with E-state index in [0.717, 1.165) is 6.42 Å². The quantitative estimate of drug-likeness (QED) is 0.701. The average Bonchev–Trinajstić information content (AvgIpc) is 2.61. The van der Waals surface area contributed by atoms with Gasteiger partial charge in [0.2, 0.25) is 0 Å². The Bertz CT molecular complexity index is 327. The van der Waals surface area contributed by atoms with Crippen molar-refractivity contribution in [3.8, 4) is 0 Å². The van der Waals surface area contributed by atoms with Crippen LogP contribution in [0.3, 0.4) is 0 Å². The van der Waals surface area contributed by atoms with E-state index in [4.69, 9.17) is 0 Å². The van der Waals surface area contributed by atoms with E-state index in [1.54, 1.807) is 0 Å². The summed E-state index contributed by atoms with van der Waals surface area (Å²) in [5, 5.41) is 3.55. The summed E-state index contributed by atoms with van der Waals surface area (Å²) in [6.45, 7) is 8.35. The van der Waals surface area contributed by atoms with Crippen molar-refractivity contribution < 1.29 is 0 Å². The molecule has 1 atom stereocenters. The molecule has 1 aliphatic rings. The summed E-state index contributed by atoms with van der Waals surface area (Å²) in [6.07, 6.45) is 3.14. The van der Waals surface area contributed by atoms with Crippen LogP contribution in [-0.4, -0.2) is 6.04 Å². The van der Waals surface area contributed by atoms with Gasteiger partial charge in [-0.15, -0.1) is 6.58 Å². The van der Waals surface area contributed by atoms with Crippen molar-refractivity contribution in [3.63, 3.8) is 0 Å². The number of hydrogen-bond acceptors (Lipinski definition) is 1. The van der Waals surface area contributed by atoms with Gasteiger partial charge in [-0.1, -0.05) is 38.1 Å². The molecular formula is C13H17N. The Morgan fingerprint density at radius 1 is 1.43 bits per heavy atom. The second-order valence-electron chi connectivity index (χ2n) is 4.58. The first kappa shape index (κ1) is 9.32. The van der Waals surface area contributed by atoms with E-state index in [0.29, 0.717) is 6.04 Å². The second-order valence-corrected chi connectivity index (χ2v) is 4.58. The van der Waals surface area contributed by atoms with Crippen LogP contribution in [-0.2, 0) is 6.42 Å². The van der Waals surface area contributed by atoms with Gasteiger partial charge in [0.05, 0.1) is 0 Å². The Morgan fingerprint density at radius 2 is 2.14 bits per heavy atom. The molecule has 0 fully saturated rings. The van der Waals surface area contributed by atoms with Crippen LogP contribution in [0.5, 0.6) is 0 Å². The molecule has 1 aliphatic heterocycles. The number of para-hydroxylation sites is 1. The second kappa shape index (κ2) is 3.16. The molecule has 1 aromatic rings. The minimum Gasteiger partial charge on any atom is -0.381 e. The number of anilines is 1. The van der Waals surface area contributed by atoms with Gasteiger partial charge in [-0.3, -0.25) is 0 Å². The fourth-order valence-corrected chi connectivity index (χ4v) is 1.89. The minimum absolute atomic E-state index is 0.152. The average molecular weight is 187 g/mol. The molecule has 14 heavy (non-hydrogen) atoms. The van der Waals surface area contributed by atoms with Crippen LogP contribution in [0.2, 0.25) is 0 Å². The molecule has 0 aromatic heterocycles. The highest BCUT2D eigenvalue weighted by molar-refractivity contribution is 5.57. The summed E-state index contributed by atoms with van der Waals surface area (Å²) < 4.78 is 0. The zero-order chi connectivity index (χ0) is 10.2. The van der Waals surface area contributed by atoms with Crippen molar-refractivity contribution >= 4 is 5.69 Å². The Morgan fingerprint density at radius 3 is 2.79 bits per heavy atom. The molecule has 0 spiro atoms. The van der Waals surface area contributed by atoms with Crippen LogP contribution in [0.1, 0.15) is 19.4 Å². The van der Waals surface area contributed by atoms with E-state index >= 15 is 0 Å². The Hall–Kier alpha value is -1.24. The van der Waals surface area contributed by atoms with Gasteiger partial charge in [-0.2, -0.15) is 0 Å². The summed E-state index contributed by atoms with van der Waals surface area (Å²) >= 11 is 0. The van der Waals surface area contributed by atoms with E-state index in [2.05, 4.69) is 50.0 Å². The maximum atomic E-state index is 3.90. The van der Waals surface area contributed by atoms with Gasteiger partial charge in [0.1, 0.15) is 0 Å². The summed E-state index contributed by atoms with van der Waals surface area (Å²) in [6, 6.07) is 9.01. The monoisotopic (exact) mass is 187 g/mol. The summed E-state index contributed by atoms with van der Waals surface area (Å²) in [5.41, 5.74) is 2.86. The number of hydrogen-bond donors (Lipinski definition) is 1. The van der Waals surface area contributed by atoms with E-state index in [9.17, 15) is 0 Å². The van der Waals surface area contributed by atoms with Crippen molar-refractivity contribution in [1.29, 1.82) is 0 Å². The first-order valence-corrected chi connectivity index (χ1v) is 5.11. The first-order valence-electron chi connectivity index (χ1n) is 5.11. The molecule has 0 saturated heterocycles. The first-order chi connectivity index (χ1) is 6.63. The topological polar surface area (TPSA) is 12.0 Å². The number of fused-ring (bicyclic) bond motifs is 1. The molecular weight excluding hydrogens is 170 g/mol. The third-order valence-electron chi connectivity index (χ3n) is 3.20. The van der Waals surface area contributed by atoms with Crippen LogP contribution < -0.4 is 5.32 Å². The van der Waals surface area contributed by atoms with E-state index in [1.165, 1.54) is 11.3 Å². The van der Waals surface area contributed by atoms with Gasteiger partial charge in [0, 0.05) is 17.1 Å². The summed E-state index contributed by atoms with van der Waals surface area (Å²) in [7, 11) is 0. The third-order valence-corrected chi connectivity index (χ3v) is 3.20. The van der Waals surface area contributed by atoms with Crippen molar-refractivity contribution in [2.45, 2.75) is 26.3 Å². The minimum atomic E-state index is 0.152. The largest absolute Gasteiger partial charge is 0.381 e. The SMILES string of the molecule is C=CC(C)(C)C1Cc2ccccc2N1. The fraction of sp³-hybridized carbons (Fsp3) is 0.385. The van der Waals surface area contributed by atoms with Crippen LogP contribution in [0, 0.1) is 5.41 Å². The summed E-state index contributed by atoms with van der Waals surface area (Å²) in [4.78, 5) is 0. The van der Waals surface area contributed by atoms with Crippen LogP contribution >= 0.6 is 0 Å². The van der Waals surface area contributed by atoms with E-state index in [-0.39, 0.29) is 5.41 Å². The third kappa shape index (κ3) is 1.43. The zero-order valence-corrected chi connectivity index (χ0v) is 8.88. The standard InChI is InChI=1S/C13H17N/c1-4-13(2,3)12-9-10-7-5-6-8-11(10)14-12/h4-8,12,14H,1,9H2,2-3H3. The summed E-state index contributed by atoms with van der Waals surface area (Å²) in [5.74, 6) is 0. The fourth-order valence-electron chi connectivity index (χ4n) is 1.89. The highest BCUT2D eigenvalue weighted by Crippen LogP contribution is 2.34. The van der Waals surface area contributed by atoms with Gasteiger partial charge in [0.25, 0.3) is 0 Å². The Kier molecular flexibility index (Phi) is 2.10.